The van der Waals surface area contributed by atoms with Gasteiger partial charge in [0.15, 0.2) is 0 Å². The fourth-order valence-electron chi connectivity index (χ4n) is 10.3. The first kappa shape index (κ1) is 45.3. The number of methoxy groups -OCH3 is 2. The number of rotatable bonds is 14. The van der Waals surface area contributed by atoms with Crippen LogP contribution in [0.5, 0.6) is 0 Å². The number of likely N-dealkylation sites (tertiary alicyclic amines) is 1. The lowest BCUT2D eigenvalue weighted by Gasteiger charge is -2.36. The van der Waals surface area contributed by atoms with Gasteiger partial charge in [0.25, 0.3) is 5.92 Å². The van der Waals surface area contributed by atoms with Crippen LogP contribution in [-0.2, 0) is 25.0 Å². The summed E-state index contributed by atoms with van der Waals surface area (Å²) in [6.45, 7) is 8.17. The third kappa shape index (κ3) is 8.35. The average molecular weight is 916 g/mol. The highest BCUT2D eigenvalue weighted by Gasteiger charge is 2.51. The Kier molecular flexibility index (Phi) is 11.8. The zero-order valence-electron chi connectivity index (χ0n) is 38.4. The van der Waals surface area contributed by atoms with E-state index in [9.17, 15) is 24.4 Å². The molecule has 1 aliphatic heterocycles. The number of carbonyl (C=O) groups is 4. The highest BCUT2D eigenvalue weighted by atomic mass is 19.3. The van der Waals surface area contributed by atoms with Gasteiger partial charge in [-0.15, -0.1) is 0 Å². The van der Waals surface area contributed by atoms with E-state index in [0.29, 0.717) is 62.7 Å². The van der Waals surface area contributed by atoms with Crippen molar-refractivity contribution in [1.29, 1.82) is 5.26 Å². The van der Waals surface area contributed by atoms with Crippen LogP contribution in [0.15, 0.2) is 60.8 Å². The zero-order chi connectivity index (χ0) is 47.5. The van der Waals surface area contributed by atoms with Gasteiger partial charge >= 0.3 is 12.2 Å². The van der Waals surface area contributed by atoms with E-state index in [1.807, 2.05) is 49.9 Å². The first-order valence-electron chi connectivity index (χ1n) is 22.9. The minimum absolute atomic E-state index is 0.0280. The predicted molar refractivity (Wildman–Crippen MR) is 244 cm³/mol. The van der Waals surface area contributed by atoms with Gasteiger partial charge in [-0.1, -0.05) is 51.1 Å². The average Bonchev–Trinajstić information content (AvgIpc) is 3.91. The maximum Gasteiger partial charge on any atom is 0.407 e. The fourth-order valence-corrected chi connectivity index (χ4v) is 10.3. The number of alkyl halides is 2. The van der Waals surface area contributed by atoms with Crippen molar-refractivity contribution in [3.63, 3.8) is 0 Å². The Labute approximate surface area is 387 Å². The number of hydrogen-bond donors (Lipinski definition) is 4. The molecule has 6 atom stereocenters. The van der Waals surface area contributed by atoms with Crippen molar-refractivity contribution in [1.82, 2.24) is 40.4 Å². The number of carbonyl (C=O) groups excluding carboxylic acids is 4. The molecular weight excluding hydrogens is 861 g/mol. The van der Waals surface area contributed by atoms with Crippen LogP contribution in [0.3, 0.4) is 0 Å². The lowest BCUT2D eigenvalue weighted by molar-refractivity contribution is -0.138. The summed E-state index contributed by atoms with van der Waals surface area (Å²) in [6, 6.07) is 15.1. The number of nitrogens with one attached hydrogen (secondary N) is 4. The summed E-state index contributed by atoms with van der Waals surface area (Å²) < 4.78 is 43.0. The third-order valence-electron chi connectivity index (χ3n) is 14.4. The highest BCUT2D eigenvalue weighted by molar-refractivity contribution is 5.89. The van der Waals surface area contributed by atoms with Gasteiger partial charge in [-0.2, -0.15) is 14.0 Å². The van der Waals surface area contributed by atoms with Gasteiger partial charge in [0.05, 0.1) is 55.3 Å². The van der Waals surface area contributed by atoms with Crippen LogP contribution in [0.25, 0.3) is 44.5 Å². The second-order valence-electron chi connectivity index (χ2n) is 19.2. The molecule has 2 aromatic heterocycles. The van der Waals surface area contributed by atoms with Crippen LogP contribution in [0, 0.1) is 28.6 Å². The van der Waals surface area contributed by atoms with Crippen LogP contribution >= 0.6 is 0 Å². The van der Waals surface area contributed by atoms with Crippen molar-refractivity contribution in [2.24, 2.45) is 17.3 Å². The molecule has 4 aliphatic rings. The number of fused-ring (bicyclic) bond motifs is 6. The van der Waals surface area contributed by atoms with Gasteiger partial charge in [-0.05, 0) is 109 Å². The first-order chi connectivity index (χ1) is 32.0. The number of aromatic amines is 2. The minimum atomic E-state index is -3.31. The largest absolute Gasteiger partial charge is 0.453 e. The maximum absolute atomic E-state index is 16.7. The molecule has 2 bridgehead atoms. The summed E-state index contributed by atoms with van der Waals surface area (Å²) in [5, 5.41) is 14.6. The third-order valence-corrected chi connectivity index (χ3v) is 14.4. The first-order valence-corrected chi connectivity index (χ1v) is 22.9. The molecule has 2 saturated carbocycles. The molecule has 4 amide bonds. The highest BCUT2D eigenvalue weighted by Crippen LogP contribution is 2.54. The molecule has 3 fully saturated rings. The minimum Gasteiger partial charge on any atom is -0.453 e. The van der Waals surface area contributed by atoms with E-state index in [-0.39, 0.29) is 65.1 Å². The van der Waals surface area contributed by atoms with E-state index < -0.39 is 36.2 Å². The van der Waals surface area contributed by atoms with E-state index in [0.717, 1.165) is 32.1 Å². The molecule has 5 aromatic rings. The molecule has 0 radical (unpaired) electrons. The molecule has 350 valence electrons. The summed E-state index contributed by atoms with van der Waals surface area (Å²) in [5.41, 5.74) is 4.31. The maximum atomic E-state index is 16.7. The van der Waals surface area contributed by atoms with Crippen molar-refractivity contribution in [3.8, 4) is 39.6 Å². The van der Waals surface area contributed by atoms with Crippen molar-refractivity contribution >= 4 is 35.0 Å². The molecule has 4 N–H and O–H groups in total. The molecule has 0 spiro atoms. The van der Waals surface area contributed by atoms with Gasteiger partial charge in [-0.3, -0.25) is 9.59 Å². The van der Waals surface area contributed by atoms with Crippen LogP contribution in [0.2, 0.25) is 0 Å². The zero-order valence-corrected chi connectivity index (χ0v) is 38.4. The molecule has 67 heavy (non-hydrogen) atoms. The Morgan fingerprint density at radius 3 is 2.25 bits per heavy atom. The van der Waals surface area contributed by atoms with Crippen LogP contribution in [-0.4, -0.2) is 92.6 Å². The topological polar surface area (TPSA) is 198 Å². The smallest absolute Gasteiger partial charge is 0.407 e. The molecular formula is C50H55F2N9O6. The molecule has 3 heterocycles. The van der Waals surface area contributed by atoms with Crippen molar-refractivity contribution in [2.45, 2.75) is 109 Å². The van der Waals surface area contributed by atoms with Crippen LogP contribution in [0.4, 0.5) is 18.4 Å². The Balaban J connectivity index is 0.954. The molecule has 3 aliphatic carbocycles. The summed E-state index contributed by atoms with van der Waals surface area (Å²) in [7, 11) is 2.48. The Morgan fingerprint density at radius 1 is 0.925 bits per heavy atom. The van der Waals surface area contributed by atoms with E-state index in [1.54, 1.807) is 35.4 Å². The quantitative estimate of drug-likeness (QED) is 0.0840. The second kappa shape index (κ2) is 17.4. The number of nitriles is 1. The number of halogens is 2. The normalized spacial score (nSPS) is 20.7. The number of amides is 4. The van der Waals surface area contributed by atoms with Crippen molar-refractivity contribution in [2.75, 3.05) is 20.8 Å². The van der Waals surface area contributed by atoms with Gasteiger partial charge in [0.1, 0.15) is 23.7 Å². The van der Waals surface area contributed by atoms with Crippen LogP contribution in [0.1, 0.15) is 108 Å². The number of benzene rings is 3. The summed E-state index contributed by atoms with van der Waals surface area (Å²) >= 11 is 0. The van der Waals surface area contributed by atoms with Crippen molar-refractivity contribution < 1.29 is 37.4 Å². The number of H-pyrrole nitrogens is 2. The number of ether oxygens (including phenoxy) is 2. The Morgan fingerprint density at radius 2 is 1.58 bits per heavy atom. The van der Waals surface area contributed by atoms with E-state index in [1.165, 1.54) is 20.3 Å². The summed E-state index contributed by atoms with van der Waals surface area (Å²) in [4.78, 5) is 72.4. The monoisotopic (exact) mass is 915 g/mol. The van der Waals surface area contributed by atoms with Gasteiger partial charge in [-0.25, -0.2) is 19.6 Å². The number of nitrogens with zero attached hydrogens (tertiary/aromatic N) is 5. The van der Waals surface area contributed by atoms with E-state index in [2.05, 4.69) is 38.6 Å². The van der Waals surface area contributed by atoms with Gasteiger partial charge in [0.2, 0.25) is 11.8 Å². The standard InChI is InChI=1S/C50H55F2N9O6/c1-26(2)41(59-48(65)67-6)46(63)60(25-49(4)17-18-49)27(3)43-54-24-40(57-43)30-11-15-34-33-14-10-28(21-35(33)50(51,52)36(34)22-30)29-12-16-37-39(23-29)56-44(55-37)42-31-9-13-32(20-31)61(42)45(62)38(8-7-19-53)58-47(64)66-5/h10-12,14-16,21-24,26-27,31-32,38,41-42H,7-9,13,17-18,20,25H2,1-6H3,(H,54,57)(H,55,56)(H,58,64)(H,59,65). The molecule has 6 unspecified atom stereocenters. The molecule has 15 nitrogen and oxygen atoms in total. The lowest BCUT2D eigenvalue weighted by Crippen LogP contribution is -2.53. The molecule has 9 rings (SSSR count). The fraction of sp³-hybridized carbons (Fsp3) is 0.460. The molecule has 17 heteroatoms. The van der Waals surface area contributed by atoms with E-state index >= 15 is 8.78 Å². The van der Waals surface area contributed by atoms with Crippen molar-refractivity contribution in [3.05, 3.63) is 83.6 Å². The number of hydrogen-bond acceptors (Lipinski definition) is 9. The number of aromatic nitrogens is 4. The summed E-state index contributed by atoms with van der Waals surface area (Å²) in [6.07, 6.45) is 4.88. The van der Waals surface area contributed by atoms with Gasteiger partial charge < -0.3 is 39.9 Å². The molecule has 1 saturated heterocycles. The SMILES string of the molecule is COC(=O)NC(CCC#N)C(=O)N1C2CCC(C2)C1c1nc2ccc(-c3ccc4c(c3)C(F)(F)c3cc(-c5cnc(C(C)N(CC6(C)CC6)C(=O)C(NC(=O)OC)C(C)C)[nH]5)ccc3-4)cc2[nH]1. The predicted octanol–water partition coefficient (Wildman–Crippen LogP) is 8.89. The second-order valence-corrected chi connectivity index (χ2v) is 19.2. The van der Waals surface area contributed by atoms with Gasteiger partial charge in [0, 0.05) is 35.7 Å². The Hall–Kier alpha value is -6.83. The van der Waals surface area contributed by atoms with E-state index in [4.69, 9.17) is 14.5 Å². The number of piperidine rings is 1. The summed E-state index contributed by atoms with van der Waals surface area (Å²) in [5.74, 6) is -2.81. The Bertz CT molecular complexity index is 2810. The number of imidazole rings is 2. The van der Waals surface area contributed by atoms with Crippen LogP contribution < -0.4 is 10.6 Å². The number of alkyl carbamates (subject to hydrolysis) is 2. The lowest BCUT2D eigenvalue weighted by atomic mass is 9.97. The molecule has 3 aromatic carbocycles.